The number of anilines is 3. The summed E-state index contributed by atoms with van der Waals surface area (Å²) in [6.07, 6.45) is 0. The molecule has 0 saturated carbocycles. The lowest BCUT2D eigenvalue weighted by Gasteiger charge is -2.24. The maximum atomic E-state index is 6.06. The fourth-order valence-electron chi connectivity index (χ4n) is 1.87. The summed E-state index contributed by atoms with van der Waals surface area (Å²) in [6.45, 7) is 3.00. The molecule has 2 nitrogen and oxygen atoms in total. The molecule has 0 unspecified atom stereocenters. The minimum atomic E-state index is 0.782. The Bertz CT molecular complexity index is 497. The summed E-state index contributed by atoms with van der Waals surface area (Å²) in [7, 11) is 0. The molecule has 0 saturated heterocycles. The van der Waals surface area contributed by atoms with Crippen molar-refractivity contribution in [2.24, 2.45) is 0 Å². The number of halogens is 1. The van der Waals surface area contributed by atoms with E-state index in [9.17, 15) is 0 Å². The minimum Gasteiger partial charge on any atom is -0.397 e. The van der Waals surface area contributed by atoms with Gasteiger partial charge in [-0.05, 0) is 37.3 Å². The van der Waals surface area contributed by atoms with Crippen LogP contribution < -0.4 is 10.6 Å². The van der Waals surface area contributed by atoms with Crippen molar-refractivity contribution in [2.75, 3.05) is 17.2 Å². The van der Waals surface area contributed by atoms with Crippen LogP contribution in [0.2, 0.25) is 0 Å². The van der Waals surface area contributed by atoms with E-state index >= 15 is 0 Å². The molecule has 0 fully saturated rings. The van der Waals surface area contributed by atoms with Crippen LogP contribution in [0.15, 0.2) is 53.0 Å². The molecular formula is C14H15BrN2. The first-order chi connectivity index (χ1) is 8.22. The molecule has 88 valence electrons. The summed E-state index contributed by atoms with van der Waals surface area (Å²) in [4.78, 5) is 2.20. The van der Waals surface area contributed by atoms with Crippen molar-refractivity contribution in [3.8, 4) is 0 Å². The number of hydrogen-bond donors (Lipinski definition) is 1. The Labute approximate surface area is 110 Å². The van der Waals surface area contributed by atoms with Gasteiger partial charge in [-0.3, -0.25) is 0 Å². The van der Waals surface area contributed by atoms with Crippen LogP contribution in [0, 0.1) is 0 Å². The molecule has 2 rings (SSSR count). The van der Waals surface area contributed by atoms with Gasteiger partial charge in [0, 0.05) is 16.7 Å². The highest BCUT2D eigenvalue weighted by atomic mass is 79.9. The Morgan fingerprint density at radius 2 is 1.82 bits per heavy atom. The zero-order valence-electron chi connectivity index (χ0n) is 9.73. The van der Waals surface area contributed by atoms with E-state index in [-0.39, 0.29) is 0 Å². The van der Waals surface area contributed by atoms with Gasteiger partial charge in [-0.1, -0.05) is 34.1 Å². The smallest absolute Gasteiger partial charge is 0.0645 e. The normalized spacial score (nSPS) is 10.2. The molecular weight excluding hydrogens is 276 g/mol. The van der Waals surface area contributed by atoms with Gasteiger partial charge in [0.15, 0.2) is 0 Å². The van der Waals surface area contributed by atoms with Gasteiger partial charge in [-0.25, -0.2) is 0 Å². The fourth-order valence-corrected chi connectivity index (χ4v) is 2.25. The highest BCUT2D eigenvalue weighted by molar-refractivity contribution is 9.10. The molecule has 2 N–H and O–H groups in total. The second-order valence-corrected chi connectivity index (χ2v) is 4.70. The Morgan fingerprint density at radius 3 is 2.41 bits per heavy atom. The highest BCUT2D eigenvalue weighted by Gasteiger charge is 2.09. The maximum Gasteiger partial charge on any atom is 0.0645 e. The molecule has 0 aliphatic rings. The Balaban J connectivity index is 2.42. The van der Waals surface area contributed by atoms with Crippen molar-refractivity contribution in [3.63, 3.8) is 0 Å². The van der Waals surface area contributed by atoms with E-state index in [0.29, 0.717) is 0 Å². The third kappa shape index (κ3) is 2.61. The van der Waals surface area contributed by atoms with Gasteiger partial charge in [0.2, 0.25) is 0 Å². The number of rotatable bonds is 3. The van der Waals surface area contributed by atoms with Crippen LogP contribution in [0.4, 0.5) is 17.1 Å². The second-order valence-electron chi connectivity index (χ2n) is 3.78. The number of benzene rings is 2. The highest BCUT2D eigenvalue weighted by Crippen LogP contribution is 2.31. The van der Waals surface area contributed by atoms with E-state index < -0.39 is 0 Å². The van der Waals surface area contributed by atoms with Crippen molar-refractivity contribution in [1.29, 1.82) is 0 Å². The third-order valence-electron chi connectivity index (χ3n) is 2.66. The van der Waals surface area contributed by atoms with Gasteiger partial charge in [0.1, 0.15) is 0 Å². The number of nitrogens with zero attached hydrogens (tertiary/aromatic N) is 1. The van der Waals surface area contributed by atoms with Crippen molar-refractivity contribution in [1.82, 2.24) is 0 Å². The maximum absolute atomic E-state index is 6.06. The lowest BCUT2D eigenvalue weighted by atomic mass is 10.2. The number of hydrogen-bond acceptors (Lipinski definition) is 2. The molecule has 0 bridgehead atoms. The molecule has 3 heteroatoms. The topological polar surface area (TPSA) is 29.3 Å². The van der Waals surface area contributed by atoms with E-state index in [1.165, 1.54) is 0 Å². The molecule has 2 aromatic carbocycles. The quantitative estimate of drug-likeness (QED) is 0.859. The number of para-hydroxylation sites is 1. The standard InChI is InChI=1S/C14H15BrN2/c1-2-17(12-6-4-3-5-7-12)14-9-8-11(15)10-13(14)16/h3-10H,2,16H2,1H3. The largest absolute Gasteiger partial charge is 0.397 e. The van der Waals surface area contributed by atoms with E-state index in [1.54, 1.807) is 0 Å². The Kier molecular flexibility index (Phi) is 3.69. The van der Waals surface area contributed by atoms with Gasteiger partial charge in [-0.15, -0.1) is 0 Å². The summed E-state index contributed by atoms with van der Waals surface area (Å²) < 4.78 is 1.00. The molecule has 0 spiro atoms. The van der Waals surface area contributed by atoms with Crippen LogP contribution in [-0.4, -0.2) is 6.54 Å². The first kappa shape index (κ1) is 12.0. The predicted octanol–water partition coefficient (Wildman–Crippen LogP) is 4.19. The molecule has 2 aromatic rings. The van der Waals surface area contributed by atoms with Gasteiger partial charge in [-0.2, -0.15) is 0 Å². The summed E-state index contributed by atoms with van der Waals surface area (Å²) in [6, 6.07) is 16.2. The van der Waals surface area contributed by atoms with E-state index in [0.717, 1.165) is 28.1 Å². The van der Waals surface area contributed by atoms with Crippen LogP contribution in [-0.2, 0) is 0 Å². The molecule has 0 atom stereocenters. The first-order valence-electron chi connectivity index (χ1n) is 5.60. The molecule has 0 amide bonds. The lowest BCUT2D eigenvalue weighted by Crippen LogP contribution is -2.17. The number of nitrogens with two attached hydrogens (primary N) is 1. The number of nitrogen functional groups attached to an aromatic ring is 1. The second kappa shape index (κ2) is 5.23. The molecule has 0 radical (unpaired) electrons. The first-order valence-corrected chi connectivity index (χ1v) is 6.39. The molecule has 0 aliphatic heterocycles. The van der Waals surface area contributed by atoms with Crippen LogP contribution in [0.5, 0.6) is 0 Å². The molecule has 0 aliphatic carbocycles. The minimum absolute atomic E-state index is 0.782. The summed E-state index contributed by atoms with van der Waals surface area (Å²) in [5.41, 5.74) is 9.05. The zero-order chi connectivity index (χ0) is 12.3. The molecule has 0 aromatic heterocycles. The predicted molar refractivity (Wildman–Crippen MR) is 77.7 cm³/mol. The fraction of sp³-hybridized carbons (Fsp3) is 0.143. The Morgan fingerprint density at radius 1 is 1.12 bits per heavy atom. The van der Waals surface area contributed by atoms with Gasteiger partial charge in [0.05, 0.1) is 11.4 Å². The van der Waals surface area contributed by atoms with E-state index in [2.05, 4.69) is 39.9 Å². The van der Waals surface area contributed by atoms with E-state index in [4.69, 9.17) is 5.73 Å². The zero-order valence-corrected chi connectivity index (χ0v) is 11.3. The SMILES string of the molecule is CCN(c1ccccc1)c1ccc(Br)cc1N. The van der Waals surface area contributed by atoms with Gasteiger partial charge < -0.3 is 10.6 Å². The van der Waals surface area contributed by atoms with Crippen LogP contribution >= 0.6 is 15.9 Å². The molecule has 0 heterocycles. The Hall–Kier alpha value is -1.48. The van der Waals surface area contributed by atoms with Crippen molar-refractivity contribution in [2.45, 2.75) is 6.92 Å². The monoisotopic (exact) mass is 290 g/mol. The lowest BCUT2D eigenvalue weighted by molar-refractivity contribution is 1.03. The van der Waals surface area contributed by atoms with E-state index in [1.807, 2.05) is 36.4 Å². The van der Waals surface area contributed by atoms with Crippen LogP contribution in [0.25, 0.3) is 0 Å². The van der Waals surface area contributed by atoms with Crippen molar-refractivity contribution < 1.29 is 0 Å². The average molecular weight is 291 g/mol. The third-order valence-corrected chi connectivity index (χ3v) is 3.16. The van der Waals surface area contributed by atoms with Crippen molar-refractivity contribution >= 4 is 33.0 Å². The molecule has 17 heavy (non-hydrogen) atoms. The van der Waals surface area contributed by atoms with Gasteiger partial charge >= 0.3 is 0 Å². The van der Waals surface area contributed by atoms with Crippen molar-refractivity contribution in [3.05, 3.63) is 53.0 Å². The average Bonchev–Trinajstić information content (AvgIpc) is 2.34. The van der Waals surface area contributed by atoms with Crippen LogP contribution in [0.1, 0.15) is 6.92 Å². The summed E-state index contributed by atoms with van der Waals surface area (Å²) >= 11 is 3.43. The summed E-state index contributed by atoms with van der Waals surface area (Å²) in [5.74, 6) is 0. The summed E-state index contributed by atoms with van der Waals surface area (Å²) in [5, 5.41) is 0. The van der Waals surface area contributed by atoms with Gasteiger partial charge in [0.25, 0.3) is 0 Å². The van der Waals surface area contributed by atoms with Crippen LogP contribution in [0.3, 0.4) is 0 Å².